The number of para-hydroxylation sites is 1. The Bertz CT molecular complexity index is 1530. The van der Waals surface area contributed by atoms with E-state index in [1.807, 2.05) is 0 Å². The Labute approximate surface area is 167 Å². The van der Waals surface area contributed by atoms with E-state index in [9.17, 15) is 14.7 Å². The van der Waals surface area contributed by atoms with Crippen LogP contribution in [-0.2, 0) is 11.8 Å². The highest BCUT2D eigenvalue weighted by Gasteiger charge is 2.23. The first-order chi connectivity index (χ1) is 14.4. The SMILES string of the molecule is Cn1[nH]cc2c(-c3ccccc3OCC(=O)O)c3oc4cc(=O)cc(O)c4c3nc21. The average Bonchev–Trinajstić information content (AvgIpc) is 3.25. The number of ether oxygens (including phenoxy) is 1. The fraction of sp³-hybridized carbons (Fsp3) is 0.0952. The third kappa shape index (κ3) is 2.60. The molecule has 0 aliphatic rings. The number of hydrogen-bond acceptors (Lipinski definition) is 6. The number of aromatic hydroxyl groups is 1. The summed E-state index contributed by atoms with van der Waals surface area (Å²) in [5.41, 5.74) is 2.35. The zero-order valence-electron chi connectivity index (χ0n) is 15.7. The Hall–Kier alpha value is -4.27. The second-order valence-electron chi connectivity index (χ2n) is 6.83. The van der Waals surface area contributed by atoms with Gasteiger partial charge in [-0.25, -0.2) is 9.78 Å². The van der Waals surface area contributed by atoms with Gasteiger partial charge in [-0.15, -0.1) is 0 Å². The number of benzene rings is 2. The monoisotopic (exact) mass is 405 g/mol. The molecule has 3 aromatic heterocycles. The number of aliphatic carboxylic acids is 1. The molecule has 0 bridgehead atoms. The van der Waals surface area contributed by atoms with Crippen LogP contribution in [-0.4, -0.2) is 37.6 Å². The molecular weight excluding hydrogens is 390 g/mol. The van der Waals surface area contributed by atoms with Gasteiger partial charge in [-0.3, -0.25) is 9.48 Å². The van der Waals surface area contributed by atoms with Crippen LogP contribution in [0.1, 0.15) is 0 Å². The highest BCUT2D eigenvalue weighted by molar-refractivity contribution is 6.16. The number of aromatic amines is 1. The number of nitrogens with one attached hydrogen (secondary N) is 1. The molecule has 9 nitrogen and oxygen atoms in total. The first kappa shape index (κ1) is 17.8. The van der Waals surface area contributed by atoms with Crippen molar-refractivity contribution in [1.82, 2.24) is 14.8 Å². The van der Waals surface area contributed by atoms with Gasteiger partial charge < -0.3 is 24.5 Å². The van der Waals surface area contributed by atoms with Crippen molar-refractivity contribution in [2.24, 2.45) is 7.05 Å². The second kappa shape index (κ2) is 6.38. The smallest absolute Gasteiger partial charge is 0.341 e. The maximum absolute atomic E-state index is 11.9. The topological polar surface area (TPSA) is 131 Å². The molecule has 5 rings (SSSR count). The standard InChI is InChI=1S/C21H15N3O6/c1-24-21-12(8-22-24)17(11-4-2-3-5-14(11)29-9-16(27)28)20-19(23-21)18-13(26)6-10(25)7-15(18)30-20/h2-8,22,26H,9H2,1H3,(H,27,28). The molecule has 30 heavy (non-hydrogen) atoms. The molecule has 0 fully saturated rings. The van der Waals surface area contributed by atoms with Crippen molar-refractivity contribution in [3.63, 3.8) is 0 Å². The molecule has 0 amide bonds. The van der Waals surface area contributed by atoms with E-state index in [-0.39, 0.29) is 16.8 Å². The van der Waals surface area contributed by atoms with Gasteiger partial charge in [0.1, 0.15) is 22.6 Å². The van der Waals surface area contributed by atoms with E-state index in [0.717, 1.165) is 6.07 Å². The summed E-state index contributed by atoms with van der Waals surface area (Å²) in [7, 11) is 1.79. The van der Waals surface area contributed by atoms with Crippen LogP contribution in [0.15, 0.2) is 51.8 Å². The van der Waals surface area contributed by atoms with Gasteiger partial charge in [-0.05, 0) is 6.07 Å². The molecule has 0 spiro atoms. The lowest BCUT2D eigenvalue weighted by molar-refractivity contribution is -0.139. The van der Waals surface area contributed by atoms with Crippen molar-refractivity contribution < 1.29 is 24.2 Å². The number of carboxylic acids is 1. The molecule has 9 heteroatoms. The second-order valence-corrected chi connectivity index (χ2v) is 6.83. The number of furan rings is 1. The minimum atomic E-state index is -1.10. The summed E-state index contributed by atoms with van der Waals surface area (Å²) in [5, 5.41) is 23.5. The number of carbonyl (C=O) groups is 1. The summed E-state index contributed by atoms with van der Waals surface area (Å²) in [6.07, 6.45) is 1.75. The van der Waals surface area contributed by atoms with Crippen LogP contribution >= 0.6 is 0 Å². The van der Waals surface area contributed by atoms with E-state index in [4.69, 9.17) is 14.3 Å². The van der Waals surface area contributed by atoms with Gasteiger partial charge in [0, 0.05) is 41.9 Å². The van der Waals surface area contributed by atoms with Crippen LogP contribution in [0.4, 0.5) is 0 Å². The molecule has 0 saturated carbocycles. The van der Waals surface area contributed by atoms with Gasteiger partial charge in [0.05, 0.1) is 5.39 Å². The van der Waals surface area contributed by atoms with Crippen LogP contribution < -0.4 is 10.2 Å². The molecule has 5 aromatic rings. The quantitative estimate of drug-likeness (QED) is 0.419. The maximum atomic E-state index is 11.9. The predicted octanol–water partition coefficient (Wildman–Crippen LogP) is 3.00. The molecule has 3 heterocycles. The number of phenols is 1. The van der Waals surface area contributed by atoms with Gasteiger partial charge in [0.25, 0.3) is 0 Å². The van der Waals surface area contributed by atoms with E-state index < -0.39 is 12.6 Å². The molecular formula is C21H15N3O6. The van der Waals surface area contributed by atoms with Crippen molar-refractivity contribution in [3.8, 4) is 22.6 Å². The number of nitrogens with zero attached hydrogens (tertiary/aromatic N) is 2. The Balaban J connectivity index is 1.93. The van der Waals surface area contributed by atoms with E-state index in [2.05, 4.69) is 10.1 Å². The highest BCUT2D eigenvalue weighted by atomic mass is 16.5. The zero-order chi connectivity index (χ0) is 21.0. The number of aryl methyl sites for hydroxylation is 1. The van der Waals surface area contributed by atoms with E-state index in [1.54, 1.807) is 42.2 Å². The number of phenolic OH excluding ortho intramolecular Hbond substituents is 1. The fourth-order valence-electron chi connectivity index (χ4n) is 3.66. The largest absolute Gasteiger partial charge is 0.507 e. The summed E-state index contributed by atoms with van der Waals surface area (Å²) in [4.78, 5) is 27.5. The van der Waals surface area contributed by atoms with Gasteiger partial charge in [-0.2, -0.15) is 0 Å². The highest BCUT2D eigenvalue weighted by Crippen LogP contribution is 2.43. The Morgan fingerprint density at radius 2 is 2.10 bits per heavy atom. The maximum Gasteiger partial charge on any atom is 0.341 e. The first-order valence-corrected chi connectivity index (χ1v) is 9.01. The Morgan fingerprint density at radius 1 is 1.30 bits per heavy atom. The molecule has 150 valence electrons. The summed E-state index contributed by atoms with van der Waals surface area (Å²) in [5.74, 6) is -0.964. The molecule has 0 unspecified atom stereocenters. The van der Waals surface area contributed by atoms with Crippen LogP contribution in [0.5, 0.6) is 11.5 Å². The molecule has 0 saturated heterocycles. The lowest BCUT2D eigenvalue weighted by atomic mass is 10.0. The number of H-pyrrole nitrogens is 1. The molecule has 3 N–H and O–H groups in total. The van der Waals surface area contributed by atoms with Crippen molar-refractivity contribution in [2.75, 3.05) is 6.61 Å². The van der Waals surface area contributed by atoms with Gasteiger partial charge in [0.2, 0.25) is 0 Å². The number of aromatic nitrogens is 3. The molecule has 0 aliphatic carbocycles. The minimum Gasteiger partial charge on any atom is -0.507 e. The minimum absolute atomic E-state index is 0.215. The number of carboxylic acid groups (broad SMARTS) is 1. The van der Waals surface area contributed by atoms with E-state index in [1.165, 1.54) is 6.07 Å². The fourth-order valence-corrected chi connectivity index (χ4v) is 3.66. The Morgan fingerprint density at radius 3 is 2.90 bits per heavy atom. The van der Waals surface area contributed by atoms with Gasteiger partial charge in [0.15, 0.2) is 23.3 Å². The predicted molar refractivity (Wildman–Crippen MR) is 109 cm³/mol. The van der Waals surface area contributed by atoms with Crippen LogP contribution in [0.25, 0.3) is 44.2 Å². The van der Waals surface area contributed by atoms with Crippen molar-refractivity contribution in [2.45, 2.75) is 0 Å². The molecule has 0 radical (unpaired) electrons. The number of hydrogen-bond donors (Lipinski definition) is 3. The van der Waals surface area contributed by atoms with Crippen molar-refractivity contribution >= 4 is 39.1 Å². The molecule has 0 aliphatic heterocycles. The third-order valence-electron chi connectivity index (χ3n) is 4.90. The Kier molecular flexibility index (Phi) is 3.78. The van der Waals surface area contributed by atoms with Crippen LogP contribution in [0.2, 0.25) is 0 Å². The third-order valence-corrected chi connectivity index (χ3v) is 4.90. The average molecular weight is 405 g/mol. The van der Waals surface area contributed by atoms with Crippen molar-refractivity contribution in [3.05, 3.63) is 52.8 Å². The van der Waals surface area contributed by atoms with Crippen molar-refractivity contribution in [1.29, 1.82) is 0 Å². The number of fused-ring (bicyclic) bond motifs is 4. The van der Waals surface area contributed by atoms with E-state index >= 15 is 0 Å². The summed E-state index contributed by atoms with van der Waals surface area (Å²) in [6, 6.07) is 9.39. The summed E-state index contributed by atoms with van der Waals surface area (Å²) in [6.45, 7) is -0.504. The number of rotatable bonds is 4. The normalized spacial score (nSPS) is 11.5. The van der Waals surface area contributed by atoms with Gasteiger partial charge >= 0.3 is 5.97 Å². The van der Waals surface area contributed by atoms with Crippen LogP contribution in [0.3, 0.4) is 0 Å². The number of pyridine rings is 1. The summed E-state index contributed by atoms with van der Waals surface area (Å²) >= 11 is 0. The van der Waals surface area contributed by atoms with Crippen LogP contribution in [0, 0.1) is 0 Å². The lowest BCUT2D eigenvalue weighted by Crippen LogP contribution is -2.10. The molecule has 0 atom stereocenters. The summed E-state index contributed by atoms with van der Waals surface area (Å²) < 4.78 is 13.2. The first-order valence-electron chi connectivity index (χ1n) is 9.01. The lowest BCUT2D eigenvalue weighted by Gasteiger charge is -2.11. The molecule has 2 aromatic carbocycles. The zero-order valence-corrected chi connectivity index (χ0v) is 15.7. The van der Waals surface area contributed by atoms with E-state index in [0.29, 0.717) is 44.4 Å². The van der Waals surface area contributed by atoms with Gasteiger partial charge in [-0.1, -0.05) is 18.2 Å².